The molecule has 0 aliphatic heterocycles. The van der Waals surface area contributed by atoms with Crippen LogP contribution in [0.25, 0.3) is 0 Å². The number of urea groups is 1. The largest absolute Gasteiger partial charge is 0.395 e. The molecular weight excluding hydrogens is 262 g/mol. The van der Waals surface area contributed by atoms with E-state index in [1.165, 1.54) is 0 Å². The lowest BCUT2D eigenvalue weighted by molar-refractivity contribution is 0.188. The number of nitrogens with one attached hydrogen (secondary N) is 3. The number of amides is 2. The number of hydrogen-bond donors (Lipinski definition) is 3. The van der Waals surface area contributed by atoms with Crippen LogP contribution in [0.2, 0.25) is 12.6 Å². The van der Waals surface area contributed by atoms with E-state index in [2.05, 4.69) is 22.5 Å². The molecule has 0 aliphatic rings. The summed E-state index contributed by atoms with van der Waals surface area (Å²) in [5.41, 5.74) is 0. The molecular formula is C12H29N3O3Si. The number of hydrogen-bond acceptors (Lipinski definition) is 4. The molecule has 0 unspecified atom stereocenters. The molecule has 0 aromatic carbocycles. The summed E-state index contributed by atoms with van der Waals surface area (Å²) in [6.45, 7) is 9.88. The van der Waals surface area contributed by atoms with Crippen LogP contribution >= 0.6 is 0 Å². The van der Waals surface area contributed by atoms with Crippen LogP contribution in [-0.4, -0.2) is 54.5 Å². The fourth-order valence-electron chi connectivity index (χ4n) is 1.81. The van der Waals surface area contributed by atoms with E-state index in [9.17, 15) is 4.79 Å². The standard InChI is InChI=1S/C12H29N3O3Si/c1-5-17-19(4,18-6-2)11-7-8-14-9-10-15-12(16)13-3/h14H,5-11H2,1-4H3,(H2,13,15,16). The highest BCUT2D eigenvalue weighted by molar-refractivity contribution is 6.66. The van der Waals surface area contributed by atoms with Gasteiger partial charge < -0.3 is 24.8 Å². The monoisotopic (exact) mass is 291 g/mol. The van der Waals surface area contributed by atoms with E-state index in [1.807, 2.05) is 13.8 Å². The molecule has 6 nitrogen and oxygen atoms in total. The summed E-state index contributed by atoms with van der Waals surface area (Å²) in [7, 11) is -0.354. The van der Waals surface area contributed by atoms with Gasteiger partial charge in [-0.3, -0.25) is 0 Å². The average molecular weight is 291 g/mol. The minimum atomic E-state index is -1.96. The van der Waals surface area contributed by atoms with Gasteiger partial charge in [-0.25, -0.2) is 4.79 Å². The molecule has 19 heavy (non-hydrogen) atoms. The molecule has 0 atom stereocenters. The van der Waals surface area contributed by atoms with Crippen molar-refractivity contribution in [2.75, 3.05) is 39.9 Å². The lowest BCUT2D eigenvalue weighted by Gasteiger charge is -2.25. The third-order valence-corrected chi connectivity index (χ3v) is 5.76. The summed E-state index contributed by atoms with van der Waals surface area (Å²) in [6, 6.07) is 0.847. The zero-order valence-electron chi connectivity index (χ0n) is 12.7. The summed E-state index contributed by atoms with van der Waals surface area (Å²) in [4.78, 5) is 10.9. The molecule has 0 heterocycles. The van der Waals surface area contributed by atoms with Crippen LogP contribution in [0.4, 0.5) is 4.79 Å². The molecule has 0 bridgehead atoms. The fraction of sp³-hybridized carbons (Fsp3) is 0.917. The molecule has 3 N–H and O–H groups in total. The van der Waals surface area contributed by atoms with Crippen molar-refractivity contribution in [2.45, 2.75) is 32.9 Å². The summed E-state index contributed by atoms with van der Waals surface area (Å²) in [5.74, 6) is 0. The van der Waals surface area contributed by atoms with Gasteiger partial charge in [0.25, 0.3) is 0 Å². The smallest absolute Gasteiger partial charge is 0.334 e. The maximum absolute atomic E-state index is 10.9. The van der Waals surface area contributed by atoms with E-state index >= 15 is 0 Å². The Morgan fingerprint density at radius 1 is 1.11 bits per heavy atom. The van der Waals surface area contributed by atoms with Crippen molar-refractivity contribution in [3.63, 3.8) is 0 Å². The van der Waals surface area contributed by atoms with E-state index in [0.29, 0.717) is 19.8 Å². The molecule has 7 heteroatoms. The van der Waals surface area contributed by atoms with Gasteiger partial charge in [-0.05, 0) is 39.4 Å². The van der Waals surface area contributed by atoms with Crippen molar-refractivity contribution in [1.82, 2.24) is 16.0 Å². The Bertz CT molecular complexity index is 236. The Kier molecular flexibility index (Phi) is 10.8. The summed E-state index contributed by atoms with van der Waals surface area (Å²) >= 11 is 0. The van der Waals surface area contributed by atoms with Crippen LogP contribution in [0.5, 0.6) is 0 Å². The molecule has 0 aromatic heterocycles. The molecule has 0 aliphatic carbocycles. The normalized spacial score (nSPS) is 11.4. The molecule has 0 radical (unpaired) electrons. The predicted molar refractivity (Wildman–Crippen MR) is 79.6 cm³/mol. The minimum Gasteiger partial charge on any atom is -0.395 e. The lowest BCUT2D eigenvalue weighted by Crippen LogP contribution is -2.40. The van der Waals surface area contributed by atoms with Crippen molar-refractivity contribution in [3.05, 3.63) is 0 Å². The van der Waals surface area contributed by atoms with Gasteiger partial charge in [0.2, 0.25) is 0 Å². The topological polar surface area (TPSA) is 71.6 Å². The fourth-order valence-corrected chi connectivity index (χ4v) is 4.22. The van der Waals surface area contributed by atoms with E-state index in [1.54, 1.807) is 7.05 Å². The Balaban J connectivity index is 3.57. The maximum atomic E-state index is 10.9. The van der Waals surface area contributed by atoms with Gasteiger partial charge in [-0.2, -0.15) is 0 Å². The molecule has 2 amide bonds. The van der Waals surface area contributed by atoms with Crippen molar-refractivity contribution in [2.24, 2.45) is 0 Å². The van der Waals surface area contributed by atoms with Gasteiger partial charge >= 0.3 is 14.6 Å². The van der Waals surface area contributed by atoms with E-state index in [0.717, 1.165) is 25.6 Å². The molecule has 0 spiro atoms. The highest BCUT2D eigenvalue weighted by Crippen LogP contribution is 2.15. The number of carbonyl (C=O) groups excluding carboxylic acids is 1. The van der Waals surface area contributed by atoms with E-state index in [4.69, 9.17) is 8.85 Å². The minimum absolute atomic E-state index is 0.144. The second-order valence-electron chi connectivity index (χ2n) is 4.36. The first-order chi connectivity index (χ1) is 9.08. The zero-order valence-corrected chi connectivity index (χ0v) is 13.7. The van der Waals surface area contributed by atoms with Crippen molar-refractivity contribution < 1.29 is 13.6 Å². The average Bonchev–Trinajstić information content (AvgIpc) is 2.37. The van der Waals surface area contributed by atoms with Crippen LogP contribution < -0.4 is 16.0 Å². The molecule has 0 saturated heterocycles. The van der Waals surface area contributed by atoms with Crippen molar-refractivity contribution >= 4 is 14.6 Å². The van der Waals surface area contributed by atoms with Gasteiger partial charge in [0.05, 0.1) is 0 Å². The van der Waals surface area contributed by atoms with Crippen LogP contribution in [0, 0.1) is 0 Å². The van der Waals surface area contributed by atoms with E-state index in [-0.39, 0.29) is 6.03 Å². The van der Waals surface area contributed by atoms with Gasteiger partial charge in [0, 0.05) is 33.4 Å². The highest BCUT2D eigenvalue weighted by Gasteiger charge is 2.29. The van der Waals surface area contributed by atoms with Crippen LogP contribution in [0.3, 0.4) is 0 Å². The molecule has 114 valence electrons. The first-order valence-electron chi connectivity index (χ1n) is 7.02. The quantitative estimate of drug-likeness (QED) is 0.393. The van der Waals surface area contributed by atoms with Gasteiger partial charge in [-0.15, -0.1) is 0 Å². The molecule has 0 rings (SSSR count). The molecule has 0 fully saturated rings. The first-order valence-corrected chi connectivity index (χ1v) is 9.54. The highest BCUT2D eigenvalue weighted by atomic mass is 28.4. The third-order valence-electron chi connectivity index (χ3n) is 2.70. The third kappa shape index (κ3) is 9.89. The first kappa shape index (κ1) is 18.4. The summed E-state index contributed by atoms with van der Waals surface area (Å²) < 4.78 is 11.5. The maximum Gasteiger partial charge on any atom is 0.334 e. The van der Waals surface area contributed by atoms with Crippen molar-refractivity contribution in [3.8, 4) is 0 Å². The lowest BCUT2D eigenvalue weighted by atomic mass is 10.4. The molecule has 0 aromatic rings. The SMILES string of the molecule is CCO[Si](C)(CCCNCCNC(=O)NC)OCC. The second kappa shape index (κ2) is 11.2. The van der Waals surface area contributed by atoms with Crippen LogP contribution in [-0.2, 0) is 8.85 Å². The van der Waals surface area contributed by atoms with E-state index < -0.39 is 8.56 Å². The Hall–Kier alpha value is -0.633. The van der Waals surface area contributed by atoms with Gasteiger partial charge in [0.1, 0.15) is 0 Å². The number of rotatable bonds is 11. The Morgan fingerprint density at radius 3 is 2.26 bits per heavy atom. The number of carbonyl (C=O) groups is 1. The second-order valence-corrected chi connectivity index (χ2v) is 7.70. The zero-order chi connectivity index (χ0) is 14.6. The summed E-state index contributed by atoms with van der Waals surface area (Å²) in [6.07, 6.45) is 1.03. The van der Waals surface area contributed by atoms with Gasteiger partial charge in [-0.1, -0.05) is 0 Å². The van der Waals surface area contributed by atoms with Gasteiger partial charge in [0.15, 0.2) is 0 Å². The molecule has 0 saturated carbocycles. The Labute approximate surface area is 117 Å². The Morgan fingerprint density at radius 2 is 1.74 bits per heavy atom. The predicted octanol–water partition coefficient (Wildman–Crippen LogP) is 1.04. The van der Waals surface area contributed by atoms with Crippen LogP contribution in [0.1, 0.15) is 20.3 Å². The summed E-state index contributed by atoms with van der Waals surface area (Å²) in [5, 5.41) is 8.53. The van der Waals surface area contributed by atoms with Crippen molar-refractivity contribution in [1.29, 1.82) is 0 Å². The van der Waals surface area contributed by atoms with Crippen LogP contribution in [0.15, 0.2) is 0 Å².